The fourth-order valence-corrected chi connectivity index (χ4v) is 7.11. The van der Waals surface area contributed by atoms with Crippen molar-refractivity contribution in [2.24, 2.45) is 5.92 Å². The lowest BCUT2D eigenvalue weighted by Crippen LogP contribution is -2.30. The molecule has 0 spiro atoms. The van der Waals surface area contributed by atoms with Gasteiger partial charge in [0.15, 0.2) is 6.29 Å². The Bertz CT molecular complexity index is 1140. The number of esters is 2. The Balaban J connectivity index is 2.55. The van der Waals surface area contributed by atoms with Crippen LogP contribution in [0.4, 0.5) is 4.79 Å². The Morgan fingerprint density at radius 2 is 1.11 bits per heavy atom. The first-order valence-electron chi connectivity index (χ1n) is 24.6. The summed E-state index contributed by atoms with van der Waals surface area (Å²) in [6.45, 7) is 11.9. The highest BCUT2D eigenvalue weighted by Crippen LogP contribution is 2.20. The average molecular weight is 860 g/mol. The van der Waals surface area contributed by atoms with Crippen LogP contribution in [0, 0.1) is 5.92 Å². The number of rotatable bonds is 41. The first-order valence-corrected chi connectivity index (χ1v) is 24.6. The van der Waals surface area contributed by atoms with E-state index in [4.69, 9.17) is 28.4 Å². The molecule has 0 aliphatic carbocycles. The van der Waals surface area contributed by atoms with Gasteiger partial charge in [-0.05, 0) is 122 Å². The van der Waals surface area contributed by atoms with E-state index in [1.54, 1.807) is 0 Å². The lowest BCUT2D eigenvalue weighted by molar-refractivity contribution is -0.161. The van der Waals surface area contributed by atoms with Crippen LogP contribution in [0.15, 0.2) is 48.6 Å². The summed E-state index contributed by atoms with van der Waals surface area (Å²) in [5.41, 5.74) is 0. The van der Waals surface area contributed by atoms with E-state index in [-0.39, 0.29) is 38.8 Å². The molecule has 1 fully saturated rings. The van der Waals surface area contributed by atoms with E-state index < -0.39 is 24.3 Å². The normalized spacial score (nSPS) is 15.3. The lowest BCUT2D eigenvalue weighted by atomic mass is 10.1. The van der Waals surface area contributed by atoms with Gasteiger partial charge in [0, 0.05) is 32.1 Å². The minimum Gasteiger partial charge on any atom is -0.465 e. The summed E-state index contributed by atoms with van der Waals surface area (Å²) in [6.07, 6.45) is 40.6. The van der Waals surface area contributed by atoms with Crippen LogP contribution >= 0.6 is 0 Å². The molecule has 0 radical (unpaired) electrons. The molecular formula is C51H89NO9. The number of nitrogens with zero attached hydrogens (tertiary/aromatic N) is 1. The Morgan fingerprint density at radius 1 is 0.574 bits per heavy atom. The minimum absolute atomic E-state index is 0.0249. The summed E-state index contributed by atoms with van der Waals surface area (Å²) in [6, 6.07) is 0.417. The van der Waals surface area contributed by atoms with Crippen molar-refractivity contribution in [1.82, 2.24) is 4.90 Å². The molecule has 0 aromatic carbocycles. The van der Waals surface area contributed by atoms with Gasteiger partial charge in [0.2, 0.25) is 0 Å². The lowest BCUT2D eigenvalue weighted by Gasteiger charge is -2.22. The third-order valence-electron chi connectivity index (χ3n) is 10.8. The highest BCUT2D eigenvalue weighted by atomic mass is 16.7. The van der Waals surface area contributed by atoms with Gasteiger partial charge in [-0.25, -0.2) is 4.79 Å². The van der Waals surface area contributed by atoms with Gasteiger partial charge in [-0.15, -0.1) is 0 Å². The molecule has 0 bridgehead atoms. The summed E-state index contributed by atoms with van der Waals surface area (Å²) in [7, 11) is 0. The van der Waals surface area contributed by atoms with E-state index >= 15 is 0 Å². The molecule has 2 unspecified atom stereocenters. The fraction of sp³-hybridized carbons (Fsp3) is 0.784. The summed E-state index contributed by atoms with van der Waals surface area (Å²) in [4.78, 5) is 40.6. The van der Waals surface area contributed by atoms with E-state index in [0.717, 1.165) is 129 Å². The third kappa shape index (κ3) is 35.2. The molecule has 61 heavy (non-hydrogen) atoms. The molecule has 1 rings (SSSR count). The molecule has 0 N–H and O–H groups in total. The predicted octanol–water partition coefficient (Wildman–Crippen LogP) is 12.9. The van der Waals surface area contributed by atoms with Crippen molar-refractivity contribution in [2.75, 3.05) is 52.7 Å². The average Bonchev–Trinajstić information content (AvgIpc) is 3.73. The number of hydrogen-bond donors (Lipinski definition) is 0. The number of carbonyl (C=O) groups is 3. The van der Waals surface area contributed by atoms with Gasteiger partial charge in [0.1, 0.15) is 19.8 Å². The van der Waals surface area contributed by atoms with Crippen molar-refractivity contribution in [1.29, 1.82) is 0 Å². The zero-order valence-electron chi connectivity index (χ0n) is 39.3. The standard InChI is InChI=1S/C51H89NO9/c1-5-9-12-15-18-19-20-21-22-23-24-25-26-27-30-35-48(53)59-43-46(45-61-51(55)58-42-38-47-34-33-39-52(47)8-4)44-60-49(54)36-37-50(56-40-31-28-16-13-10-6-2)57-41-32-29-17-14-11-7-3/h10-11,13-14,18-19,21-22,46-47,50H,5-9,12,15-17,20,23-45H2,1-4H3/b13-10-,14-11-,19-18-,22-21-. The number of hydrogen-bond acceptors (Lipinski definition) is 10. The largest absolute Gasteiger partial charge is 0.508 e. The van der Waals surface area contributed by atoms with Crippen LogP contribution < -0.4 is 0 Å². The zero-order valence-corrected chi connectivity index (χ0v) is 39.3. The Labute approximate surface area is 372 Å². The maximum absolute atomic E-state index is 13.0. The van der Waals surface area contributed by atoms with Crippen molar-refractivity contribution in [3.8, 4) is 0 Å². The Morgan fingerprint density at radius 3 is 1.72 bits per heavy atom. The molecule has 0 amide bonds. The monoisotopic (exact) mass is 860 g/mol. The number of carbonyl (C=O) groups excluding carboxylic acids is 3. The zero-order chi connectivity index (χ0) is 44.3. The molecule has 352 valence electrons. The summed E-state index contributed by atoms with van der Waals surface area (Å²) in [5.74, 6) is -1.24. The molecule has 1 saturated heterocycles. The fourth-order valence-electron chi connectivity index (χ4n) is 7.11. The molecule has 0 aromatic rings. The van der Waals surface area contributed by atoms with Crippen LogP contribution in [0.3, 0.4) is 0 Å². The SMILES string of the molecule is CC/C=C\CCCCOC(CCC(=O)OCC(COC(=O)CCCCCCC/C=C\C/C=C\CCCCC)COC(=O)OCCC1CCCN1CC)OCCCC/C=C\CC. The van der Waals surface area contributed by atoms with Gasteiger partial charge in [0.25, 0.3) is 0 Å². The second kappa shape index (κ2) is 42.4. The smallest absolute Gasteiger partial charge is 0.465 e. The summed E-state index contributed by atoms with van der Waals surface area (Å²) < 4.78 is 34.2. The predicted molar refractivity (Wildman–Crippen MR) is 248 cm³/mol. The van der Waals surface area contributed by atoms with Crippen LogP contribution in [0.1, 0.15) is 188 Å². The van der Waals surface area contributed by atoms with Gasteiger partial charge in [-0.1, -0.05) is 108 Å². The number of ether oxygens (including phenoxy) is 6. The molecule has 2 atom stereocenters. The highest BCUT2D eigenvalue weighted by Gasteiger charge is 2.24. The number of allylic oxidation sites excluding steroid dienone is 8. The maximum atomic E-state index is 13.0. The number of unbranched alkanes of at least 4 members (excludes halogenated alkanes) is 12. The summed E-state index contributed by atoms with van der Waals surface area (Å²) in [5, 5.41) is 0. The Kier molecular flexibility index (Phi) is 38.9. The second-order valence-corrected chi connectivity index (χ2v) is 16.3. The number of likely N-dealkylation sites (tertiary alicyclic amines) is 1. The van der Waals surface area contributed by atoms with Gasteiger partial charge in [0.05, 0.1) is 18.9 Å². The van der Waals surface area contributed by atoms with E-state index in [1.807, 2.05) is 0 Å². The topological polar surface area (TPSA) is 110 Å². The van der Waals surface area contributed by atoms with E-state index in [9.17, 15) is 14.4 Å². The quantitative estimate of drug-likeness (QED) is 0.0194. The van der Waals surface area contributed by atoms with Crippen molar-refractivity contribution < 1.29 is 42.8 Å². The molecule has 0 saturated carbocycles. The van der Waals surface area contributed by atoms with Crippen molar-refractivity contribution >= 4 is 18.1 Å². The molecule has 1 aliphatic rings. The molecular weight excluding hydrogens is 771 g/mol. The maximum Gasteiger partial charge on any atom is 0.508 e. The summed E-state index contributed by atoms with van der Waals surface area (Å²) >= 11 is 0. The van der Waals surface area contributed by atoms with Crippen LogP contribution in [-0.2, 0) is 38.0 Å². The van der Waals surface area contributed by atoms with E-state index in [2.05, 4.69) is 81.2 Å². The molecule has 1 heterocycles. The van der Waals surface area contributed by atoms with Gasteiger partial charge in [-0.3, -0.25) is 9.59 Å². The second-order valence-electron chi connectivity index (χ2n) is 16.3. The minimum atomic E-state index is -0.770. The van der Waals surface area contributed by atoms with Crippen molar-refractivity contribution in [3.63, 3.8) is 0 Å². The molecule has 1 aliphatic heterocycles. The first kappa shape index (κ1) is 56.1. The van der Waals surface area contributed by atoms with Crippen LogP contribution in [0.2, 0.25) is 0 Å². The molecule has 0 aromatic heterocycles. The van der Waals surface area contributed by atoms with Gasteiger partial charge < -0.3 is 33.3 Å². The van der Waals surface area contributed by atoms with Crippen LogP contribution in [0.5, 0.6) is 0 Å². The van der Waals surface area contributed by atoms with Gasteiger partial charge in [-0.2, -0.15) is 0 Å². The van der Waals surface area contributed by atoms with E-state index in [0.29, 0.717) is 32.1 Å². The third-order valence-corrected chi connectivity index (χ3v) is 10.8. The Hall–Kier alpha value is -2.95. The van der Waals surface area contributed by atoms with Crippen LogP contribution in [-0.4, -0.2) is 88.1 Å². The molecule has 10 heteroatoms. The van der Waals surface area contributed by atoms with Crippen molar-refractivity contribution in [3.05, 3.63) is 48.6 Å². The van der Waals surface area contributed by atoms with Gasteiger partial charge >= 0.3 is 18.1 Å². The van der Waals surface area contributed by atoms with Crippen molar-refractivity contribution in [2.45, 2.75) is 201 Å². The van der Waals surface area contributed by atoms with Crippen LogP contribution in [0.25, 0.3) is 0 Å². The molecule has 10 nitrogen and oxygen atoms in total. The van der Waals surface area contributed by atoms with E-state index in [1.165, 1.54) is 25.7 Å². The highest BCUT2D eigenvalue weighted by molar-refractivity contribution is 5.69. The first-order chi connectivity index (χ1) is 29.9.